The number of fused-ring (bicyclic) bond motifs is 14. The standard InChI is InChI=1S/C112H76N2/c1-110(2,3)71-51-53-77(54-52-71)114(81-56-60-89-87-44-24-26-50-103(87)112(105(89)70-81,74-33-13-6-14-34-74)75-35-15-7-16-36-75)79-58-62-99-101(68-79)109(97-66-64-95-85-42-22-20-40-83(85)91-46-28-48-93(97)107(91)95)98-61-57-78(67-100(98)108(99)96-65-63-94-84-41-21-19-39-82(84)90-45-27-47-92(96)106(90)94)113(76-37-17-8-18-38-76)80-55-59-88-86-43-23-25-49-102(86)111(104(88)69-80,72-29-9-4-10-30-72)73-31-11-5-12-32-73/h4-70H,1-3H3. The second kappa shape index (κ2) is 25.2. The quantitative estimate of drug-likeness (QED) is 0.113. The second-order valence-electron chi connectivity index (χ2n) is 32.4. The molecule has 0 N–H and O–H groups in total. The van der Waals surface area contributed by atoms with E-state index in [-0.39, 0.29) is 5.41 Å². The molecule has 19 aromatic carbocycles. The first-order valence-corrected chi connectivity index (χ1v) is 40.0. The number of rotatable bonds is 12. The Balaban J connectivity index is 0.831. The molecule has 0 aromatic heterocycles. The largest absolute Gasteiger partial charge is 0.310 e. The minimum atomic E-state index is -0.622. The molecule has 0 saturated carbocycles. The Bertz CT molecular complexity index is 7040. The van der Waals surface area contributed by atoms with Crippen LogP contribution >= 0.6 is 0 Å². The molecule has 2 nitrogen and oxygen atoms in total. The Morgan fingerprint density at radius 1 is 0.184 bits per heavy atom. The van der Waals surface area contributed by atoms with Gasteiger partial charge in [-0.2, -0.15) is 0 Å². The molecule has 0 atom stereocenters. The molecule has 4 aliphatic rings. The Hall–Kier alpha value is -14.2. The van der Waals surface area contributed by atoms with Crippen molar-refractivity contribution in [3.63, 3.8) is 0 Å². The van der Waals surface area contributed by atoms with Crippen LogP contribution in [0.3, 0.4) is 0 Å². The van der Waals surface area contributed by atoms with Gasteiger partial charge in [-0.3, -0.25) is 0 Å². The van der Waals surface area contributed by atoms with E-state index >= 15 is 0 Å². The topological polar surface area (TPSA) is 6.48 Å². The van der Waals surface area contributed by atoms with Gasteiger partial charge in [0.25, 0.3) is 0 Å². The maximum Gasteiger partial charge on any atom is 0.0714 e. The van der Waals surface area contributed by atoms with Gasteiger partial charge < -0.3 is 9.80 Å². The van der Waals surface area contributed by atoms with E-state index < -0.39 is 10.8 Å². The molecule has 2 heteroatoms. The summed E-state index contributed by atoms with van der Waals surface area (Å²) in [5.74, 6) is 0. The van der Waals surface area contributed by atoms with Crippen molar-refractivity contribution in [3.8, 4) is 89.0 Å². The third-order valence-electron chi connectivity index (χ3n) is 25.6. The molecule has 0 bridgehead atoms. The average Bonchev–Trinajstić information content (AvgIpc) is 1.48. The van der Waals surface area contributed by atoms with Crippen molar-refractivity contribution in [1.82, 2.24) is 0 Å². The van der Waals surface area contributed by atoms with Crippen LogP contribution in [0.1, 0.15) is 70.8 Å². The van der Waals surface area contributed by atoms with Gasteiger partial charge in [0.2, 0.25) is 0 Å². The summed E-state index contributed by atoms with van der Waals surface area (Å²) in [5.41, 5.74) is 36.3. The molecule has 0 amide bonds. The van der Waals surface area contributed by atoms with Gasteiger partial charge in [-0.05, 0) is 260 Å². The highest BCUT2D eigenvalue weighted by atomic mass is 15.1. The fourth-order valence-electron chi connectivity index (χ4n) is 20.8. The zero-order valence-electron chi connectivity index (χ0n) is 63.6. The van der Waals surface area contributed by atoms with Gasteiger partial charge in [0.05, 0.1) is 10.8 Å². The molecule has 4 aliphatic carbocycles. The molecule has 0 unspecified atom stereocenters. The lowest BCUT2D eigenvalue weighted by Crippen LogP contribution is -2.28. The van der Waals surface area contributed by atoms with Crippen LogP contribution in [0.25, 0.3) is 132 Å². The number of anilines is 6. The van der Waals surface area contributed by atoms with Crippen molar-refractivity contribution in [2.45, 2.75) is 37.0 Å². The lowest BCUT2D eigenvalue weighted by molar-refractivity contribution is 0.590. The number of para-hydroxylation sites is 1. The summed E-state index contributed by atoms with van der Waals surface area (Å²) >= 11 is 0. The number of benzene rings is 19. The summed E-state index contributed by atoms with van der Waals surface area (Å²) in [7, 11) is 0. The lowest BCUT2D eigenvalue weighted by Gasteiger charge is -2.35. The molecule has 0 radical (unpaired) electrons. The lowest BCUT2D eigenvalue weighted by atomic mass is 9.67. The minimum absolute atomic E-state index is 0.0717. The monoisotopic (exact) mass is 1450 g/mol. The van der Waals surface area contributed by atoms with Gasteiger partial charge in [-0.25, -0.2) is 0 Å². The molecule has 0 aliphatic heterocycles. The smallest absolute Gasteiger partial charge is 0.0714 e. The minimum Gasteiger partial charge on any atom is -0.310 e. The van der Waals surface area contributed by atoms with E-state index in [1.165, 1.54) is 161 Å². The number of nitrogens with zero attached hydrogens (tertiary/aromatic N) is 2. The maximum atomic E-state index is 2.56. The summed E-state index contributed by atoms with van der Waals surface area (Å²) in [6, 6.07) is 155. The van der Waals surface area contributed by atoms with E-state index in [1.54, 1.807) is 0 Å². The van der Waals surface area contributed by atoms with Crippen LogP contribution in [-0.2, 0) is 16.2 Å². The molecule has 0 fully saturated rings. The summed E-state index contributed by atoms with van der Waals surface area (Å²) in [6.07, 6.45) is 0. The van der Waals surface area contributed by atoms with Crippen LogP contribution < -0.4 is 9.80 Å². The molecule has 0 spiro atoms. The van der Waals surface area contributed by atoms with Gasteiger partial charge in [0.15, 0.2) is 0 Å². The first-order valence-electron chi connectivity index (χ1n) is 40.0. The fourth-order valence-corrected chi connectivity index (χ4v) is 20.8. The highest BCUT2D eigenvalue weighted by Gasteiger charge is 2.48. The van der Waals surface area contributed by atoms with Crippen LogP contribution in [0.5, 0.6) is 0 Å². The first-order chi connectivity index (χ1) is 56.2. The highest BCUT2D eigenvalue weighted by Crippen LogP contribution is 2.62. The Morgan fingerprint density at radius 2 is 0.465 bits per heavy atom. The Kier molecular flexibility index (Phi) is 14.5. The van der Waals surface area contributed by atoms with E-state index in [0.717, 1.165) is 55.7 Å². The van der Waals surface area contributed by atoms with Crippen LogP contribution in [0.4, 0.5) is 34.1 Å². The number of hydrogen-bond acceptors (Lipinski definition) is 2. The van der Waals surface area contributed by atoms with E-state index in [1.807, 2.05) is 0 Å². The van der Waals surface area contributed by atoms with E-state index in [2.05, 4.69) is 437 Å². The Morgan fingerprint density at radius 3 is 0.851 bits per heavy atom. The molecule has 23 rings (SSSR count). The van der Waals surface area contributed by atoms with Crippen molar-refractivity contribution in [3.05, 3.63) is 457 Å². The highest BCUT2D eigenvalue weighted by molar-refractivity contribution is 6.30. The zero-order chi connectivity index (χ0) is 75.5. The van der Waals surface area contributed by atoms with Crippen molar-refractivity contribution in [2.24, 2.45) is 0 Å². The first kappa shape index (κ1) is 65.7. The SMILES string of the molecule is CC(C)(C)c1ccc(N(c2ccc3c(c2)C(c2ccccc2)(c2ccccc2)c2ccccc2-3)c2ccc3c(-c4ccc5c6c(cccc46)-c4ccccc4-5)c4cc(N(c5ccccc5)c5ccc6c(c5)C(c5ccccc5)(c5ccccc5)c5ccccc5-6)ccc4c(-c4ccc5c6c(cccc46)-c4ccccc4-5)c3c2)cc1. The normalized spacial score (nSPS) is 13.4. The average molecular weight is 1450 g/mol. The summed E-state index contributed by atoms with van der Waals surface area (Å²) < 4.78 is 0. The van der Waals surface area contributed by atoms with Gasteiger partial charge in [0.1, 0.15) is 0 Å². The summed E-state index contributed by atoms with van der Waals surface area (Å²) in [4.78, 5) is 5.06. The van der Waals surface area contributed by atoms with Gasteiger partial charge in [-0.15, -0.1) is 0 Å². The van der Waals surface area contributed by atoms with Crippen LogP contribution in [0.2, 0.25) is 0 Å². The Labute approximate surface area is 665 Å². The third kappa shape index (κ3) is 9.43. The van der Waals surface area contributed by atoms with Crippen molar-refractivity contribution in [1.29, 1.82) is 0 Å². The van der Waals surface area contributed by atoms with Gasteiger partial charge >= 0.3 is 0 Å². The van der Waals surface area contributed by atoms with Crippen LogP contribution in [0.15, 0.2) is 406 Å². The van der Waals surface area contributed by atoms with E-state index in [0.29, 0.717) is 0 Å². The van der Waals surface area contributed by atoms with Crippen LogP contribution in [0, 0.1) is 0 Å². The third-order valence-corrected chi connectivity index (χ3v) is 25.6. The molecule has 0 heterocycles. The van der Waals surface area contributed by atoms with Gasteiger partial charge in [-0.1, -0.05) is 354 Å². The van der Waals surface area contributed by atoms with Crippen molar-refractivity contribution in [2.75, 3.05) is 9.80 Å². The molecule has 0 saturated heterocycles. The van der Waals surface area contributed by atoms with Gasteiger partial charge in [0, 0.05) is 34.1 Å². The van der Waals surface area contributed by atoms with Crippen molar-refractivity contribution < 1.29 is 0 Å². The summed E-state index contributed by atoms with van der Waals surface area (Å²) in [6.45, 7) is 6.94. The van der Waals surface area contributed by atoms with Crippen LogP contribution in [-0.4, -0.2) is 0 Å². The second-order valence-corrected chi connectivity index (χ2v) is 32.4. The predicted molar refractivity (Wildman–Crippen MR) is 479 cm³/mol. The molecular weight excluding hydrogens is 1370 g/mol. The molecule has 534 valence electrons. The summed E-state index contributed by atoms with van der Waals surface area (Å²) in [5, 5.41) is 9.69. The number of hydrogen-bond donors (Lipinski definition) is 0. The molecular formula is C112H76N2. The van der Waals surface area contributed by atoms with Crippen molar-refractivity contribution >= 4 is 77.2 Å². The van der Waals surface area contributed by atoms with E-state index in [9.17, 15) is 0 Å². The fraction of sp³-hybridized carbons (Fsp3) is 0.0536. The maximum absolute atomic E-state index is 2.56. The molecule has 19 aromatic rings. The predicted octanol–water partition coefficient (Wildman–Crippen LogP) is 29.9. The van der Waals surface area contributed by atoms with E-state index in [4.69, 9.17) is 0 Å². The molecule has 114 heavy (non-hydrogen) atoms. The zero-order valence-corrected chi connectivity index (χ0v) is 63.6.